The quantitative estimate of drug-likeness (QED) is 0.621. The van der Waals surface area contributed by atoms with Crippen molar-refractivity contribution in [1.29, 1.82) is 0 Å². The van der Waals surface area contributed by atoms with Gasteiger partial charge in [0.1, 0.15) is 5.52 Å². The molecular weight excluding hydrogens is 346 g/mol. The van der Waals surface area contributed by atoms with E-state index >= 15 is 0 Å². The number of carbonyl (C=O) groups is 1. The second-order valence-electron chi connectivity index (χ2n) is 7.37. The van der Waals surface area contributed by atoms with Crippen molar-refractivity contribution in [2.24, 2.45) is 5.92 Å². The average molecular weight is 373 g/mol. The average Bonchev–Trinajstić information content (AvgIpc) is 3.33. The number of aliphatic hydroxyl groups excluding tert-OH is 1. The van der Waals surface area contributed by atoms with E-state index in [1.165, 1.54) is 0 Å². The maximum atomic E-state index is 11.7. The summed E-state index contributed by atoms with van der Waals surface area (Å²) in [6, 6.07) is 0. The number of nitrogens with zero attached hydrogens (tertiary/aromatic N) is 5. The Labute approximate surface area is 158 Å². The van der Waals surface area contributed by atoms with Crippen LogP contribution in [0.15, 0.2) is 6.33 Å². The summed E-state index contributed by atoms with van der Waals surface area (Å²) in [5.74, 6) is 1.94. The third-order valence-electron chi connectivity index (χ3n) is 5.40. The highest BCUT2D eigenvalue weighted by Crippen LogP contribution is 2.27. The summed E-state index contributed by atoms with van der Waals surface area (Å²) in [6.45, 7) is 4.26. The van der Waals surface area contributed by atoms with E-state index in [4.69, 9.17) is 4.98 Å². The van der Waals surface area contributed by atoms with Gasteiger partial charge < -0.3 is 25.2 Å². The number of aromatic nitrogens is 4. The molecule has 2 aromatic heterocycles. The molecule has 146 valence electrons. The van der Waals surface area contributed by atoms with Crippen LogP contribution >= 0.6 is 0 Å². The second-order valence-corrected chi connectivity index (χ2v) is 7.37. The van der Waals surface area contributed by atoms with E-state index in [1.54, 1.807) is 6.33 Å². The molecule has 4 heterocycles. The van der Waals surface area contributed by atoms with E-state index in [9.17, 15) is 9.90 Å². The zero-order chi connectivity index (χ0) is 18.6. The number of amides is 1. The Hall–Kier alpha value is -2.42. The third kappa shape index (κ3) is 3.97. The molecule has 0 spiro atoms. The number of likely N-dealkylation sites (tertiary alicyclic amines) is 1. The van der Waals surface area contributed by atoms with Crippen molar-refractivity contribution >= 4 is 28.8 Å². The fourth-order valence-electron chi connectivity index (χ4n) is 3.94. The molecule has 4 rings (SSSR count). The Kier molecular flexibility index (Phi) is 5.38. The van der Waals surface area contributed by atoms with Crippen molar-refractivity contribution in [1.82, 2.24) is 24.8 Å². The standard InChI is InChI=1S/C18H27N7O2/c26-11-13-4-1-8-25(10-13)17-15-16(21-12-20-15)22-18(23-17)19-6-3-9-24-7-2-5-14(24)27/h12-13,26H,1-11H2,(H2,19,20,21,22,23). The van der Waals surface area contributed by atoms with Gasteiger partial charge in [-0.15, -0.1) is 0 Å². The number of piperidine rings is 1. The minimum atomic E-state index is 0.202. The summed E-state index contributed by atoms with van der Waals surface area (Å²) in [6.07, 6.45) is 6.24. The van der Waals surface area contributed by atoms with Crippen LogP contribution < -0.4 is 10.2 Å². The molecule has 1 amide bonds. The first kappa shape index (κ1) is 18.0. The van der Waals surface area contributed by atoms with Gasteiger partial charge in [-0.2, -0.15) is 9.97 Å². The summed E-state index contributed by atoms with van der Waals surface area (Å²) in [7, 11) is 0. The zero-order valence-corrected chi connectivity index (χ0v) is 15.5. The fourth-order valence-corrected chi connectivity index (χ4v) is 3.94. The highest BCUT2D eigenvalue weighted by Gasteiger charge is 2.24. The number of carbonyl (C=O) groups excluding carboxylic acids is 1. The number of H-pyrrole nitrogens is 1. The van der Waals surface area contributed by atoms with Gasteiger partial charge in [0.15, 0.2) is 11.5 Å². The Balaban J connectivity index is 1.43. The Morgan fingerprint density at radius 2 is 2.22 bits per heavy atom. The Morgan fingerprint density at radius 1 is 1.30 bits per heavy atom. The molecule has 2 aromatic rings. The maximum Gasteiger partial charge on any atom is 0.226 e. The van der Waals surface area contributed by atoms with Crippen LogP contribution in [0.2, 0.25) is 0 Å². The van der Waals surface area contributed by atoms with Crippen molar-refractivity contribution in [3.05, 3.63) is 6.33 Å². The van der Waals surface area contributed by atoms with Crippen LogP contribution in [0, 0.1) is 5.92 Å². The first-order valence-corrected chi connectivity index (χ1v) is 9.83. The molecular formula is C18H27N7O2. The smallest absolute Gasteiger partial charge is 0.226 e. The van der Waals surface area contributed by atoms with E-state index in [-0.39, 0.29) is 18.4 Å². The van der Waals surface area contributed by atoms with E-state index in [0.29, 0.717) is 24.6 Å². The van der Waals surface area contributed by atoms with E-state index in [1.807, 2.05) is 4.90 Å². The molecule has 2 fully saturated rings. The Morgan fingerprint density at radius 3 is 3.04 bits per heavy atom. The molecule has 2 aliphatic heterocycles. The van der Waals surface area contributed by atoms with Gasteiger partial charge in [-0.1, -0.05) is 0 Å². The number of anilines is 2. The first-order valence-electron chi connectivity index (χ1n) is 9.83. The SMILES string of the molecule is O=C1CCCN1CCCNc1nc(N2CCCC(CO)C2)c2[nH]cnc2n1. The Bertz CT molecular complexity index is 793. The van der Waals surface area contributed by atoms with Crippen LogP contribution in [0.3, 0.4) is 0 Å². The van der Waals surface area contributed by atoms with Gasteiger partial charge in [-0.25, -0.2) is 4.98 Å². The lowest BCUT2D eigenvalue weighted by atomic mass is 9.99. The maximum absolute atomic E-state index is 11.7. The summed E-state index contributed by atoms with van der Waals surface area (Å²) in [5, 5.41) is 12.8. The van der Waals surface area contributed by atoms with E-state index < -0.39 is 0 Å². The van der Waals surface area contributed by atoms with Crippen LogP contribution in [0.5, 0.6) is 0 Å². The monoisotopic (exact) mass is 373 g/mol. The predicted molar refractivity (Wildman–Crippen MR) is 103 cm³/mol. The molecule has 1 atom stereocenters. The molecule has 1 unspecified atom stereocenters. The zero-order valence-electron chi connectivity index (χ0n) is 15.5. The molecule has 0 aromatic carbocycles. The van der Waals surface area contributed by atoms with E-state index in [2.05, 4.69) is 25.2 Å². The molecule has 0 saturated carbocycles. The number of fused-ring (bicyclic) bond motifs is 1. The lowest BCUT2D eigenvalue weighted by Crippen LogP contribution is -2.37. The van der Waals surface area contributed by atoms with Gasteiger partial charge in [0.25, 0.3) is 0 Å². The number of rotatable bonds is 7. The first-order chi connectivity index (χ1) is 13.2. The third-order valence-corrected chi connectivity index (χ3v) is 5.40. The lowest BCUT2D eigenvalue weighted by molar-refractivity contribution is -0.127. The highest BCUT2D eigenvalue weighted by atomic mass is 16.3. The number of hydrogen-bond acceptors (Lipinski definition) is 7. The van der Waals surface area contributed by atoms with Crippen LogP contribution in [-0.4, -0.2) is 75.2 Å². The van der Waals surface area contributed by atoms with Gasteiger partial charge in [0, 0.05) is 45.8 Å². The van der Waals surface area contributed by atoms with Gasteiger partial charge >= 0.3 is 0 Å². The number of aliphatic hydroxyl groups is 1. The number of nitrogens with one attached hydrogen (secondary N) is 2. The topological polar surface area (TPSA) is 110 Å². The second kappa shape index (κ2) is 8.08. The molecule has 2 saturated heterocycles. The van der Waals surface area contributed by atoms with Crippen LogP contribution in [0.25, 0.3) is 11.2 Å². The van der Waals surface area contributed by atoms with E-state index in [0.717, 1.165) is 63.2 Å². The largest absolute Gasteiger partial charge is 0.396 e. The minimum absolute atomic E-state index is 0.202. The van der Waals surface area contributed by atoms with Gasteiger partial charge in [-0.3, -0.25) is 4.79 Å². The number of aromatic amines is 1. The van der Waals surface area contributed by atoms with Crippen LogP contribution in [-0.2, 0) is 4.79 Å². The van der Waals surface area contributed by atoms with Gasteiger partial charge in [0.2, 0.25) is 11.9 Å². The molecule has 0 bridgehead atoms. The summed E-state index contributed by atoms with van der Waals surface area (Å²) < 4.78 is 0. The fraction of sp³-hybridized carbons (Fsp3) is 0.667. The lowest BCUT2D eigenvalue weighted by Gasteiger charge is -2.32. The van der Waals surface area contributed by atoms with Gasteiger partial charge in [-0.05, 0) is 31.6 Å². The molecule has 9 heteroatoms. The van der Waals surface area contributed by atoms with Crippen molar-refractivity contribution in [2.75, 3.05) is 49.5 Å². The normalized spacial score (nSPS) is 20.6. The van der Waals surface area contributed by atoms with Crippen molar-refractivity contribution < 1.29 is 9.90 Å². The van der Waals surface area contributed by atoms with Crippen molar-refractivity contribution in [3.63, 3.8) is 0 Å². The molecule has 2 aliphatic rings. The van der Waals surface area contributed by atoms with Crippen LogP contribution in [0.1, 0.15) is 32.1 Å². The summed E-state index contributed by atoms with van der Waals surface area (Å²) >= 11 is 0. The number of imidazole rings is 1. The number of hydrogen-bond donors (Lipinski definition) is 3. The summed E-state index contributed by atoms with van der Waals surface area (Å²) in [5.41, 5.74) is 1.48. The minimum Gasteiger partial charge on any atom is -0.396 e. The predicted octanol–water partition coefficient (Wildman–Crippen LogP) is 0.986. The molecule has 9 nitrogen and oxygen atoms in total. The summed E-state index contributed by atoms with van der Waals surface area (Å²) in [4.78, 5) is 32.5. The van der Waals surface area contributed by atoms with Crippen molar-refractivity contribution in [2.45, 2.75) is 32.1 Å². The van der Waals surface area contributed by atoms with Crippen molar-refractivity contribution in [3.8, 4) is 0 Å². The van der Waals surface area contributed by atoms with Crippen LogP contribution in [0.4, 0.5) is 11.8 Å². The molecule has 0 aliphatic carbocycles. The molecule has 3 N–H and O–H groups in total. The van der Waals surface area contributed by atoms with Gasteiger partial charge in [0.05, 0.1) is 6.33 Å². The highest BCUT2D eigenvalue weighted by molar-refractivity contribution is 5.84. The molecule has 0 radical (unpaired) electrons. The molecule has 27 heavy (non-hydrogen) atoms.